The van der Waals surface area contributed by atoms with Crippen LogP contribution in [0.4, 0.5) is 5.69 Å². The Morgan fingerprint density at radius 2 is 1.65 bits per heavy atom. The lowest BCUT2D eigenvalue weighted by molar-refractivity contribution is 0.103. The fourth-order valence-electron chi connectivity index (χ4n) is 2.39. The lowest BCUT2D eigenvalue weighted by Crippen LogP contribution is -2.26. The SMILES string of the molecule is CN(Cc1ccccc1)S(=O)(=O)c1csc(C(=O)Nc2ccccc2)c1. The van der Waals surface area contributed by atoms with Crippen molar-refractivity contribution < 1.29 is 13.2 Å². The highest BCUT2D eigenvalue weighted by atomic mass is 32.2. The molecule has 1 amide bonds. The predicted octanol–water partition coefficient (Wildman–Crippen LogP) is 3.82. The molecule has 0 atom stereocenters. The Morgan fingerprint density at radius 1 is 1.04 bits per heavy atom. The Labute approximate surface area is 157 Å². The fourth-order valence-corrected chi connectivity index (χ4v) is 4.71. The molecule has 1 N–H and O–H groups in total. The topological polar surface area (TPSA) is 66.5 Å². The first-order valence-corrected chi connectivity index (χ1v) is 10.2. The Bertz CT molecular complexity index is 984. The summed E-state index contributed by atoms with van der Waals surface area (Å²) < 4.78 is 26.7. The first-order chi connectivity index (χ1) is 12.5. The number of hydrogen-bond acceptors (Lipinski definition) is 4. The predicted molar refractivity (Wildman–Crippen MR) is 104 cm³/mol. The molecule has 0 unspecified atom stereocenters. The summed E-state index contributed by atoms with van der Waals surface area (Å²) in [5.41, 5.74) is 1.56. The molecule has 5 nitrogen and oxygen atoms in total. The van der Waals surface area contributed by atoms with Crippen LogP contribution in [-0.4, -0.2) is 25.7 Å². The lowest BCUT2D eigenvalue weighted by atomic mass is 10.2. The number of carbonyl (C=O) groups is 1. The molecule has 0 aliphatic carbocycles. The number of carbonyl (C=O) groups excluding carboxylic acids is 1. The van der Waals surface area contributed by atoms with Crippen LogP contribution in [0, 0.1) is 0 Å². The molecular weight excluding hydrogens is 368 g/mol. The van der Waals surface area contributed by atoms with Crippen molar-refractivity contribution >= 4 is 33.0 Å². The summed E-state index contributed by atoms with van der Waals surface area (Å²) in [5, 5.41) is 4.25. The van der Waals surface area contributed by atoms with Crippen LogP contribution in [0.1, 0.15) is 15.2 Å². The highest BCUT2D eigenvalue weighted by Gasteiger charge is 2.23. The largest absolute Gasteiger partial charge is 0.321 e. The molecule has 2 aromatic carbocycles. The van der Waals surface area contributed by atoms with Crippen LogP contribution in [0.15, 0.2) is 77.0 Å². The van der Waals surface area contributed by atoms with E-state index in [1.54, 1.807) is 12.1 Å². The normalized spacial score (nSPS) is 11.5. The van der Waals surface area contributed by atoms with Crippen molar-refractivity contribution in [2.45, 2.75) is 11.4 Å². The van der Waals surface area contributed by atoms with E-state index in [9.17, 15) is 13.2 Å². The molecule has 0 aliphatic rings. The van der Waals surface area contributed by atoms with E-state index in [4.69, 9.17) is 0 Å². The number of thiophene rings is 1. The molecule has 0 saturated heterocycles. The summed E-state index contributed by atoms with van der Waals surface area (Å²) in [6.07, 6.45) is 0. The van der Waals surface area contributed by atoms with E-state index < -0.39 is 10.0 Å². The van der Waals surface area contributed by atoms with E-state index in [2.05, 4.69) is 5.32 Å². The highest BCUT2D eigenvalue weighted by Crippen LogP contribution is 2.24. The van der Waals surface area contributed by atoms with Gasteiger partial charge in [-0.15, -0.1) is 11.3 Å². The molecule has 26 heavy (non-hydrogen) atoms. The first-order valence-electron chi connectivity index (χ1n) is 7.92. The number of hydrogen-bond donors (Lipinski definition) is 1. The van der Waals surface area contributed by atoms with Gasteiger partial charge in [0.05, 0.1) is 9.77 Å². The highest BCUT2D eigenvalue weighted by molar-refractivity contribution is 7.89. The summed E-state index contributed by atoms with van der Waals surface area (Å²) >= 11 is 1.11. The van der Waals surface area contributed by atoms with Crippen LogP contribution in [0.25, 0.3) is 0 Å². The van der Waals surface area contributed by atoms with Gasteiger partial charge in [0, 0.05) is 24.7 Å². The Morgan fingerprint density at radius 3 is 2.31 bits per heavy atom. The second-order valence-corrected chi connectivity index (χ2v) is 8.67. The van der Waals surface area contributed by atoms with Crippen LogP contribution >= 0.6 is 11.3 Å². The van der Waals surface area contributed by atoms with Crippen molar-refractivity contribution in [3.05, 3.63) is 82.6 Å². The van der Waals surface area contributed by atoms with E-state index >= 15 is 0 Å². The van der Waals surface area contributed by atoms with Gasteiger partial charge in [0.15, 0.2) is 0 Å². The van der Waals surface area contributed by atoms with Crippen LogP contribution in [0.3, 0.4) is 0 Å². The second-order valence-electron chi connectivity index (χ2n) is 5.71. The second kappa shape index (κ2) is 7.82. The van der Waals surface area contributed by atoms with Gasteiger partial charge in [-0.2, -0.15) is 4.31 Å². The lowest BCUT2D eigenvalue weighted by Gasteiger charge is -2.16. The Balaban J connectivity index is 1.74. The number of rotatable bonds is 6. The van der Waals surface area contributed by atoms with E-state index in [0.717, 1.165) is 16.9 Å². The number of sulfonamides is 1. The maximum Gasteiger partial charge on any atom is 0.265 e. The average molecular weight is 386 g/mol. The quantitative estimate of drug-likeness (QED) is 0.700. The fraction of sp³-hybridized carbons (Fsp3) is 0.105. The van der Waals surface area contributed by atoms with Crippen molar-refractivity contribution in [3.8, 4) is 0 Å². The first kappa shape index (κ1) is 18.3. The van der Waals surface area contributed by atoms with Gasteiger partial charge in [0.2, 0.25) is 10.0 Å². The van der Waals surface area contributed by atoms with Crippen molar-refractivity contribution in [2.75, 3.05) is 12.4 Å². The Kier molecular flexibility index (Phi) is 5.51. The molecule has 3 rings (SSSR count). The van der Waals surface area contributed by atoms with Gasteiger partial charge in [-0.1, -0.05) is 48.5 Å². The minimum Gasteiger partial charge on any atom is -0.321 e. The van der Waals surface area contributed by atoms with Gasteiger partial charge in [0.1, 0.15) is 0 Å². The molecule has 1 heterocycles. The minimum absolute atomic E-state index is 0.124. The molecule has 0 bridgehead atoms. The third kappa shape index (κ3) is 4.19. The minimum atomic E-state index is -3.66. The number of anilines is 1. The van der Waals surface area contributed by atoms with Crippen molar-refractivity contribution in [1.82, 2.24) is 4.31 Å². The van der Waals surface area contributed by atoms with Gasteiger partial charge in [0.25, 0.3) is 5.91 Å². The molecule has 1 aromatic heterocycles. The molecule has 0 radical (unpaired) electrons. The van der Waals surface area contributed by atoms with Gasteiger partial charge in [-0.25, -0.2) is 8.42 Å². The van der Waals surface area contributed by atoms with E-state index in [1.807, 2.05) is 48.5 Å². The van der Waals surface area contributed by atoms with Crippen molar-refractivity contribution in [2.24, 2.45) is 0 Å². The van der Waals surface area contributed by atoms with E-state index in [0.29, 0.717) is 10.6 Å². The third-order valence-corrected chi connectivity index (χ3v) is 6.65. The van der Waals surface area contributed by atoms with Crippen LogP contribution < -0.4 is 5.32 Å². The van der Waals surface area contributed by atoms with Crippen molar-refractivity contribution in [3.63, 3.8) is 0 Å². The maximum absolute atomic E-state index is 12.7. The molecule has 0 spiro atoms. The molecule has 134 valence electrons. The van der Waals surface area contributed by atoms with Gasteiger partial charge < -0.3 is 5.32 Å². The van der Waals surface area contributed by atoms with Gasteiger partial charge >= 0.3 is 0 Å². The van der Waals surface area contributed by atoms with Crippen LogP contribution in [0.2, 0.25) is 0 Å². The molecule has 0 fully saturated rings. The van der Waals surface area contributed by atoms with Crippen LogP contribution in [0.5, 0.6) is 0 Å². The molecule has 0 aliphatic heterocycles. The number of benzene rings is 2. The third-order valence-electron chi connectivity index (χ3n) is 3.79. The molecule has 7 heteroatoms. The number of para-hydroxylation sites is 1. The summed E-state index contributed by atoms with van der Waals surface area (Å²) in [4.78, 5) is 12.8. The average Bonchev–Trinajstić information content (AvgIpc) is 3.14. The zero-order chi connectivity index (χ0) is 18.6. The standard InChI is InChI=1S/C19H18N2O3S2/c1-21(13-15-8-4-2-5-9-15)26(23,24)17-12-18(25-14-17)19(22)20-16-10-6-3-7-11-16/h2-12,14H,13H2,1H3,(H,20,22). The summed E-state index contributed by atoms with van der Waals surface area (Å²) in [7, 11) is -2.13. The zero-order valence-electron chi connectivity index (χ0n) is 14.1. The summed E-state index contributed by atoms with van der Waals surface area (Å²) in [6.45, 7) is 0.268. The summed E-state index contributed by atoms with van der Waals surface area (Å²) in [5.74, 6) is -0.326. The Hall–Kier alpha value is -2.48. The summed E-state index contributed by atoms with van der Waals surface area (Å²) in [6, 6.07) is 19.8. The van der Waals surface area contributed by atoms with Gasteiger partial charge in [-0.05, 0) is 23.8 Å². The molecule has 3 aromatic rings. The molecule has 0 saturated carbocycles. The maximum atomic E-state index is 12.7. The number of nitrogens with one attached hydrogen (secondary N) is 1. The van der Waals surface area contributed by atoms with E-state index in [1.165, 1.54) is 22.8 Å². The van der Waals surface area contributed by atoms with E-state index in [-0.39, 0.29) is 17.3 Å². The van der Waals surface area contributed by atoms with Gasteiger partial charge in [-0.3, -0.25) is 4.79 Å². The zero-order valence-corrected chi connectivity index (χ0v) is 15.8. The molecular formula is C19H18N2O3S2. The number of amides is 1. The monoisotopic (exact) mass is 386 g/mol. The number of nitrogens with zero attached hydrogens (tertiary/aromatic N) is 1. The van der Waals surface area contributed by atoms with Crippen LogP contribution in [-0.2, 0) is 16.6 Å². The smallest absolute Gasteiger partial charge is 0.265 e. The van der Waals surface area contributed by atoms with Crippen molar-refractivity contribution in [1.29, 1.82) is 0 Å².